The summed E-state index contributed by atoms with van der Waals surface area (Å²) in [5, 5.41) is 8.47. The Hall–Kier alpha value is -1.23. The van der Waals surface area contributed by atoms with Crippen molar-refractivity contribution in [1.29, 1.82) is 0 Å². The number of carboxylic acid groups (broad SMARTS) is 1. The fourth-order valence-electron chi connectivity index (χ4n) is 1.18. The van der Waals surface area contributed by atoms with Crippen molar-refractivity contribution in [2.75, 3.05) is 0 Å². The molecule has 0 bridgehead atoms. The third-order valence-electron chi connectivity index (χ3n) is 2.02. The molecule has 0 spiro atoms. The predicted octanol–water partition coefficient (Wildman–Crippen LogP) is 2.64. The van der Waals surface area contributed by atoms with Crippen LogP contribution in [0.4, 0.5) is 4.39 Å². The molecule has 1 N–H and O–H groups in total. The number of benzene rings is 1. The number of carboxylic acids is 1. The highest BCUT2D eigenvalue weighted by Gasteiger charge is 2.17. The Balaban J connectivity index is 2.63. The van der Waals surface area contributed by atoms with Gasteiger partial charge in [-0.05, 0) is 30.7 Å². The zero-order valence-electron chi connectivity index (χ0n) is 8.32. The Morgan fingerprint density at radius 2 is 1.88 bits per heavy atom. The SMILES string of the molecule is O=C(O)CCC(Br)C(=O)c1ccc(F)cc1. The van der Waals surface area contributed by atoms with Crippen LogP contribution in [0.1, 0.15) is 23.2 Å². The van der Waals surface area contributed by atoms with Gasteiger partial charge >= 0.3 is 5.97 Å². The van der Waals surface area contributed by atoms with Crippen molar-refractivity contribution in [1.82, 2.24) is 0 Å². The number of Topliss-reactive ketones (excluding diaryl/α,β-unsaturated/α-hetero) is 1. The van der Waals surface area contributed by atoms with Crippen LogP contribution < -0.4 is 0 Å². The first-order valence-corrected chi connectivity index (χ1v) is 5.58. The highest BCUT2D eigenvalue weighted by Crippen LogP contribution is 2.15. The van der Waals surface area contributed by atoms with Crippen LogP contribution in [0, 0.1) is 5.82 Å². The standard InChI is InChI=1S/C11H10BrFO3/c12-9(5-6-10(14)15)11(16)7-1-3-8(13)4-2-7/h1-4,9H,5-6H2,(H,14,15). The third-order valence-corrected chi connectivity index (χ3v) is 2.90. The number of aliphatic carboxylic acids is 1. The molecule has 1 aromatic carbocycles. The van der Waals surface area contributed by atoms with Gasteiger partial charge in [-0.15, -0.1) is 0 Å². The number of halogens is 2. The lowest BCUT2D eigenvalue weighted by atomic mass is 10.1. The lowest BCUT2D eigenvalue weighted by Gasteiger charge is -2.07. The summed E-state index contributed by atoms with van der Waals surface area (Å²) in [4.78, 5) is 21.5. The molecule has 0 saturated carbocycles. The molecule has 1 atom stereocenters. The second kappa shape index (κ2) is 5.75. The van der Waals surface area contributed by atoms with E-state index in [9.17, 15) is 14.0 Å². The van der Waals surface area contributed by atoms with Crippen LogP contribution >= 0.6 is 15.9 Å². The van der Waals surface area contributed by atoms with Crippen molar-refractivity contribution in [2.45, 2.75) is 17.7 Å². The van der Waals surface area contributed by atoms with E-state index < -0.39 is 16.6 Å². The normalized spacial score (nSPS) is 12.1. The lowest BCUT2D eigenvalue weighted by molar-refractivity contribution is -0.137. The van der Waals surface area contributed by atoms with E-state index in [0.717, 1.165) is 0 Å². The molecular weight excluding hydrogens is 279 g/mol. The zero-order valence-corrected chi connectivity index (χ0v) is 9.91. The number of alkyl halides is 1. The molecule has 0 aliphatic heterocycles. The van der Waals surface area contributed by atoms with Gasteiger partial charge in [0.15, 0.2) is 5.78 Å². The quantitative estimate of drug-likeness (QED) is 0.669. The number of hydrogen-bond acceptors (Lipinski definition) is 2. The van der Waals surface area contributed by atoms with E-state index in [1.165, 1.54) is 24.3 Å². The maximum atomic E-state index is 12.6. The Labute approximate surface area is 100 Å². The highest BCUT2D eigenvalue weighted by atomic mass is 79.9. The average molecular weight is 289 g/mol. The van der Waals surface area contributed by atoms with E-state index in [-0.39, 0.29) is 18.6 Å². The first-order chi connectivity index (χ1) is 7.50. The van der Waals surface area contributed by atoms with Gasteiger partial charge in [-0.2, -0.15) is 0 Å². The molecule has 0 heterocycles. The fourth-order valence-corrected chi connectivity index (χ4v) is 1.67. The van der Waals surface area contributed by atoms with Gasteiger partial charge in [0.2, 0.25) is 0 Å². The second-order valence-electron chi connectivity index (χ2n) is 3.27. The lowest BCUT2D eigenvalue weighted by Crippen LogP contribution is -2.15. The summed E-state index contributed by atoms with van der Waals surface area (Å²) >= 11 is 3.12. The minimum atomic E-state index is -0.948. The van der Waals surface area contributed by atoms with E-state index in [0.29, 0.717) is 5.56 Å². The largest absolute Gasteiger partial charge is 0.481 e. The van der Waals surface area contributed by atoms with Gasteiger partial charge in [0.1, 0.15) is 5.82 Å². The minimum absolute atomic E-state index is 0.0805. The van der Waals surface area contributed by atoms with E-state index in [4.69, 9.17) is 5.11 Å². The zero-order chi connectivity index (χ0) is 12.1. The third kappa shape index (κ3) is 3.73. The summed E-state index contributed by atoms with van der Waals surface area (Å²) < 4.78 is 12.6. The van der Waals surface area contributed by atoms with Gasteiger partial charge in [0.25, 0.3) is 0 Å². The number of carbonyl (C=O) groups is 2. The van der Waals surface area contributed by atoms with Crippen molar-refractivity contribution >= 4 is 27.7 Å². The first-order valence-electron chi connectivity index (χ1n) is 4.66. The second-order valence-corrected chi connectivity index (χ2v) is 4.38. The molecule has 0 amide bonds. The van der Waals surface area contributed by atoms with Crippen molar-refractivity contribution < 1.29 is 19.1 Å². The number of ketones is 1. The highest BCUT2D eigenvalue weighted by molar-refractivity contribution is 9.10. The van der Waals surface area contributed by atoms with Crippen molar-refractivity contribution in [3.63, 3.8) is 0 Å². The van der Waals surface area contributed by atoms with E-state index in [2.05, 4.69) is 15.9 Å². The summed E-state index contributed by atoms with van der Waals surface area (Å²) in [7, 11) is 0. The van der Waals surface area contributed by atoms with Crippen LogP contribution in [0.5, 0.6) is 0 Å². The molecule has 0 radical (unpaired) electrons. The molecular formula is C11H10BrFO3. The van der Waals surface area contributed by atoms with Crippen LogP contribution in [0.25, 0.3) is 0 Å². The fraction of sp³-hybridized carbons (Fsp3) is 0.273. The summed E-state index contributed by atoms with van der Waals surface area (Å²) in [5.41, 5.74) is 0.369. The number of hydrogen-bond donors (Lipinski definition) is 1. The smallest absolute Gasteiger partial charge is 0.303 e. The number of rotatable bonds is 5. The van der Waals surface area contributed by atoms with Gasteiger partial charge in [-0.3, -0.25) is 9.59 Å². The van der Waals surface area contributed by atoms with Crippen LogP contribution in [0.15, 0.2) is 24.3 Å². The Morgan fingerprint density at radius 3 is 2.38 bits per heavy atom. The molecule has 1 rings (SSSR count). The van der Waals surface area contributed by atoms with Gasteiger partial charge in [-0.1, -0.05) is 15.9 Å². The maximum absolute atomic E-state index is 12.6. The van der Waals surface area contributed by atoms with E-state index >= 15 is 0 Å². The number of carbonyl (C=O) groups excluding carboxylic acids is 1. The average Bonchev–Trinajstić information content (AvgIpc) is 2.26. The van der Waals surface area contributed by atoms with Crippen LogP contribution in [0.2, 0.25) is 0 Å². The Bertz CT molecular complexity index is 389. The van der Waals surface area contributed by atoms with Crippen molar-refractivity contribution in [3.05, 3.63) is 35.6 Å². The topological polar surface area (TPSA) is 54.4 Å². The monoisotopic (exact) mass is 288 g/mol. The molecule has 86 valence electrons. The molecule has 0 aromatic heterocycles. The summed E-state index contributed by atoms with van der Waals surface area (Å²) in [6.45, 7) is 0. The Kier molecular flexibility index (Phi) is 4.61. The van der Waals surface area contributed by atoms with Gasteiger partial charge in [0.05, 0.1) is 4.83 Å². The molecule has 0 aliphatic carbocycles. The maximum Gasteiger partial charge on any atom is 0.303 e. The van der Waals surface area contributed by atoms with Crippen molar-refractivity contribution in [2.24, 2.45) is 0 Å². The van der Waals surface area contributed by atoms with Crippen LogP contribution in [-0.4, -0.2) is 21.7 Å². The Morgan fingerprint density at radius 1 is 1.31 bits per heavy atom. The molecule has 1 unspecified atom stereocenters. The molecule has 3 nitrogen and oxygen atoms in total. The molecule has 1 aromatic rings. The predicted molar refractivity (Wildman–Crippen MR) is 60.3 cm³/mol. The van der Waals surface area contributed by atoms with Crippen LogP contribution in [0.3, 0.4) is 0 Å². The summed E-state index contributed by atoms with van der Waals surface area (Å²) in [6, 6.07) is 5.16. The van der Waals surface area contributed by atoms with E-state index in [1.54, 1.807) is 0 Å². The molecule has 0 fully saturated rings. The molecule has 0 aliphatic rings. The van der Waals surface area contributed by atoms with Gasteiger partial charge in [-0.25, -0.2) is 4.39 Å². The van der Waals surface area contributed by atoms with Crippen molar-refractivity contribution in [3.8, 4) is 0 Å². The minimum Gasteiger partial charge on any atom is -0.481 e. The molecule has 5 heteroatoms. The van der Waals surface area contributed by atoms with Crippen LogP contribution in [-0.2, 0) is 4.79 Å². The summed E-state index contributed by atoms with van der Waals surface area (Å²) in [6.07, 6.45) is 0.133. The summed E-state index contributed by atoms with van der Waals surface area (Å²) in [5.74, 6) is -1.59. The first kappa shape index (κ1) is 12.8. The molecule has 16 heavy (non-hydrogen) atoms. The van der Waals surface area contributed by atoms with Gasteiger partial charge < -0.3 is 5.11 Å². The molecule has 0 saturated heterocycles. The van der Waals surface area contributed by atoms with E-state index in [1.807, 2.05) is 0 Å². The van der Waals surface area contributed by atoms with Gasteiger partial charge in [0, 0.05) is 12.0 Å².